The van der Waals surface area contributed by atoms with Crippen LogP contribution in [0.5, 0.6) is 0 Å². The summed E-state index contributed by atoms with van der Waals surface area (Å²) in [4.78, 5) is 2.41. The lowest BCUT2D eigenvalue weighted by Crippen LogP contribution is -2.11. The number of aromatic amines is 1. The molecule has 0 fully saturated rings. The van der Waals surface area contributed by atoms with E-state index in [-0.39, 0.29) is 15.8 Å². The molecule has 1 N–H and O–H groups in total. The summed E-state index contributed by atoms with van der Waals surface area (Å²) in [6.07, 6.45) is -8.92. The normalized spacial score (nSPS) is 13.1. The Morgan fingerprint density at radius 3 is 1.96 bits per heavy atom. The molecule has 0 saturated carbocycles. The summed E-state index contributed by atoms with van der Waals surface area (Å²) in [5.74, 6) is 0. The Morgan fingerprint density at radius 1 is 0.889 bits per heavy atom. The SMILES string of the molecule is O=S(=O)(c1cccs1)c1[nH]ccc1-c1cc(C(F)(F)F)cc(C(F)(F)F)c1. The largest absolute Gasteiger partial charge is 0.416 e. The molecule has 0 aliphatic carbocycles. The van der Waals surface area contributed by atoms with E-state index < -0.39 is 43.9 Å². The summed E-state index contributed by atoms with van der Waals surface area (Å²) in [5.41, 5.74) is -3.82. The molecule has 0 spiro atoms. The Morgan fingerprint density at radius 2 is 1.48 bits per heavy atom. The number of sulfone groups is 1. The minimum absolute atomic E-state index is 0.0103. The van der Waals surface area contributed by atoms with Gasteiger partial charge in [-0.3, -0.25) is 0 Å². The molecule has 0 amide bonds. The fourth-order valence-electron chi connectivity index (χ4n) is 2.43. The fourth-order valence-corrected chi connectivity index (χ4v) is 4.96. The molecule has 2 heterocycles. The molecule has 144 valence electrons. The van der Waals surface area contributed by atoms with E-state index in [1.165, 1.54) is 17.5 Å². The van der Waals surface area contributed by atoms with Gasteiger partial charge in [0.25, 0.3) is 0 Å². The Bertz CT molecular complexity index is 1030. The summed E-state index contributed by atoms with van der Waals surface area (Å²) < 4.78 is 103. The summed E-state index contributed by atoms with van der Waals surface area (Å²) in [5, 5.41) is 1.01. The summed E-state index contributed by atoms with van der Waals surface area (Å²) in [7, 11) is -4.13. The van der Waals surface area contributed by atoms with Gasteiger partial charge in [-0.25, -0.2) is 8.42 Å². The number of nitrogens with one attached hydrogen (secondary N) is 1. The first kappa shape index (κ1) is 19.5. The second kappa shape index (κ2) is 6.41. The summed E-state index contributed by atoms with van der Waals surface area (Å²) in [6, 6.07) is 4.85. The quantitative estimate of drug-likeness (QED) is 0.555. The average Bonchev–Trinajstić information content (AvgIpc) is 3.24. The highest BCUT2D eigenvalue weighted by atomic mass is 32.2. The lowest BCUT2D eigenvalue weighted by molar-refractivity contribution is -0.143. The highest BCUT2D eigenvalue weighted by Crippen LogP contribution is 2.40. The second-order valence-electron chi connectivity index (χ2n) is 5.45. The molecule has 3 rings (SSSR count). The Kier molecular flexibility index (Phi) is 4.63. The predicted octanol–water partition coefficient (Wildman–Crippen LogP) is 5.61. The molecule has 0 bridgehead atoms. The van der Waals surface area contributed by atoms with Gasteiger partial charge in [-0.05, 0) is 41.3 Å². The number of alkyl halides is 6. The highest BCUT2D eigenvalue weighted by molar-refractivity contribution is 7.93. The van der Waals surface area contributed by atoms with Crippen molar-refractivity contribution in [2.75, 3.05) is 0 Å². The topological polar surface area (TPSA) is 49.9 Å². The number of H-pyrrole nitrogens is 1. The molecular formula is C16H9F6NO2S2. The molecule has 0 unspecified atom stereocenters. The van der Waals surface area contributed by atoms with Crippen LogP contribution in [0, 0.1) is 0 Å². The smallest absolute Gasteiger partial charge is 0.352 e. The lowest BCUT2D eigenvalue weighted by Gasteiger charge is -2.14. The van der Waals surface area contributed by atoms with E-state index in [9.17, 15) is 34.8 Å². The van der Waals surface area contributed by atoms with Gasteiger partial charge in [0.15, 0.2) is 0 Å². The molecule has 0 aliphatic heterocycles. The van der Waals surface area contributed by atoms with Gasteiger partial charge in [0.05, 0.1) is 11.1 Å². The molecule has 1 aromatic carbocycles. The van der Waals surface area contributed by atoms with E-state index in [4.69, 9.17) is 0 Å². The van der Waals surface area contributed by atoms with Crippen LogP contribution in [-0.4, -0.2) is 13.4 Å². The van der Waals surface area contributed by atoms with Crippen LogP contribution in [-0.2, 0) is 22.2 Å². The van der Waals surface area contributed by atoms with Gasteiger partial charge < -0.3 is 4.98 Å². The number of rotatable bonds is 3. The Hall–Kier alpha value is -2.27. The maximum absolute atomic E-state index is 13.0. The van der Waals surface area contributed by atoms with Crippen LogP contribution >= 0.6 is 11.3 Å². The zero-order chi connectivity index (χ0) is 20.0. The first-order valence-electron chi connectivity index (χ1n) is 7.16. The van der Waals surface area contributed by atoms with Gasteiger partial charge in [-0.15, -0.1) is 11.3 Å². The first-order valence-corrected chi connectivity index (χ1v) is 9.53. The lowest BCUT2D eigenvalue weighted by atomic mass is 10.0. The van der Waals surface area contributed by atoms with Crippen molar-refractivity contribution >= 4 is 21.2 Å². The molecule has 27 heavy (non-hydrogen) atoms. The number of thiophene rings is 1. The molecule has 0 saturated heterocycles. The van der Waals surface area contributed by atoms with Gasteiger partial charge >= 0.3 is 12.4 Å². The Balaban J connectivity index is 2.23. The van der Waals surface area contributed by atoms with Gasteiger partial charge in [0.2, 0.25) is 9.84 Å². The Labute approximate surface area is 153 Å². The van der Waals surface area contributed by atoms with E-state index in [0.717, 1.165) is 23.6 Å². The zero-order valence-corrected chi connectivity index (χ0v) is 14.7. The molecule has 3 aromatic rings. The molecular weight excluding hydrogens is 416 g/mol. The van der Waals surface area contributed by atoms with Gasteiger partial charge in [0.1, 0.15) is 9.24 Å². The van der Waals surface area contributed by atoms with Crippen LogP contribution in [0.1, 0.15) is 11.1 Å². The average molecular weight is 425 g/mol. The predicted molar refractivity (Wildman–Crippen MR) is 86.0 cm³/mol. The standard InChI is InChI=1S/C16H9F6NO2S2/c17-15(18,19)10-6-9(7-11(8-10)16(20,21)22)12-3-4-23-14(12)27(24,25)13-2-1-5-26-13/h1-8,23H. The summed E-state index contributed by atoms with van der Waals surface area (Å²) >= 11 is 0.879. The fraction of sp³-hybridized carbons (Fsp3) is 0.125. The number of benzene rings is 1. The van der Waals surface area contributed by atoms with E-state index >= 15 is 0 Å². The van der Waals surface area contributed by atoms with Crippen LogP contribution < -0.4 is 0 Å². The maximum Gasteiger partial charge on any atom is 0.416 e. The van der Waals surface area contributed by atoms with Crippen LogP contribution in [0.15, 0.2) is 57.2 Å². The number of halogens is 6. The van der Waals surface area contributed by atoms with Crippen molar-refractivity contribution in [3.63, 3.8) is 0 Å². The molecule has 0 atom stereocenters. The van der Waals surface area contributed by atoms with Crippen LogP contribution in [0.3, 0.4) is 0 Å². The minimum atomic E-state index is -5.03. The maximum atomic E-state index is 13.0. The van der Waals surface area contributed by atoms with Crippen molar-refractivity contribution in [1.29, 1.82) is 0 Å². The van der Waals surface area contributed by atoms with Crippen molar-refractivity contribution in [2.24, 2.45) is 0 Å². The van der Waals surface area contributed by atoms with Crippen LogP contribution in [0.4, 0.5) is 26.3 Å². The van der Waals surface area contributed by atoms with E-state index in [0.29, 0.717) is 12.1 Å². The van der Waals surface area contributed by atoms with Gasteiger partial charge in [-0.2, -0.15) is 26.3 Å². The van der Waals surface area contributed by atoms with Crippen molar-refractivity contribution in [1.82, 2.24) is 4.98 Å². The van der Waals surface area contributed by atoms with Crippen LogP contribution in [0.25, 0.3) is 11.1 Å². The van der Waals surface area contributed by atoms with Gasteiger partial charge in [-0.1, -0.05) is 6.07 Å². The first-order chi connectivity index (χ1) is 12.4. The van der Waals surface area contributed by atoms with Crippen molar-refractivity contribution in [3.05, 3.63) is 59.1 Å². The zero-order valence-electron chi connectivity index (χ0n) is 13.0. The highest BCUT2D eigenvalue weighted by Gasteiger charge is 2.37. The van der Waals surface area contributed by atoms with Crippen molar-refractivity contribution in [3.8, 4) is 11.1 Å². The summed E-state index contributed by atoms with van der Waals surface area (Å²) in [6.45, 7) is 0. The van der Waals surface area contributed by atoms with Crippen molar-refractivity contribution in [2.45, 2.75) is 21.6 Å². The number of hydrogen-bond acceptors (Lipinski definition) is 3. The third-order valence-corrected chi connectivity index (χ3v) is 6.79. The minimum Gasteiger partial charge on any atom is -0.352 e. The molecule has 11 heteroatoms. The monoisotopic (exact) mass is 425 g/mol. The van der Waals surface area contributed by atoms with E-state index in [1.807, 2.05) is 0 Å². The third kappa shape index (κ3) is 3.74. The van der Waals surface area contributed by atoms with E-state index in [1.54, 1.807) is 0 Å². The van der Waals surface area contributed by atoms with Crippen LogP contribution in [0.2, 0.25) is 0 Å². The molecule has 2 aromatic heterocycles. The molecule has 3 nitrogen and oxygen atoms in total. The third-order valence-electron chi connectivity index (χ3n) is 3.64. The second-order valence-corrected chi connectivity index (χ2v) is 8.51. The number of aromatic nitrogens is 1. The number of hydrogen-bond donors (Lipinski definition) is 1. The molecule has 0 radical (unpaired) electrons. The van der Waals surface area contributed by atoms with Crippen molar-refractivity contribution < 1.29 is 34.8 Å². The molecule has 0 aliphatic rings. The van der Waals surface area contributed by atoms with Gasteiger partial charge in [0, 0.05) is 11.8 Å². The van der Waals surface area contributed by atoms with E-state index in [2.05, 4.69) is 4.98 Å².